The summed E-state index contributed by atoms with van der Waals surface area (Å²) in [5, 5.41) is 10.5. The number of likely N-dealkylation sites (N-methyl/N-ethyl adjacent to an activating group) is 1. The minimum Gasteiger partial charge on any atom is -0.317 e. The molecule has 0 bridgehead atoms. The second-order valence-corrected chi connectivity index (χ2v) is 5.09. The van der Waals surface area contributed by atoms with Crippen LogP contribution in [-0.2, 0) is 6.42 Å². The maximum Gasteiger partial charge on any atom is 0.0682 e. The Morgan fingerprint density at radius 1 is 1.35 bits per heavy atom. The van der Waals surface area contributed by atoms with E-state index in [9.17, 15) is 0 Å². The van der Waals surface area contributed by atoms with Crippen LogP contribution in [0.25, 0.3) is 11.3 Å². The molecule has 4 heteroatoms. The second-order valence-electron chi connectivity index (χ2n) is 4.17. The third-order valence-electron chi connectivity index (χ3n) is 2.87. The van der Waals surface area contributed by atoms with Gasteiger partial charge >= 0.3 is 0 Å². The average molecular weight is 294 g/mol. The van der Waals surface area contributed by atoms with Gasteiger partial charge in [0.15, 0.2) is 0 Å². The molecule has 1 unspecified atom stereocenters. The molecule has 17 heavy (non-hydrogen) atoms. The molecule has 0 aliphatic rings. The fraction of sp³-hybridized carbons (Fsp3) is 0.308. The number of benzene rings is 1. The van der Waals surface area contributed by atoms with Gasteiger partial charge in [-0.15, -0.1) is 0 Å². The van der Waals surface area contributed by atoms with Crippen LogP contribution in [0.2, 0.25) is 0 Å². The van der Waals surface area contributed by atoms with Crippen molar-refractivity contribution in [2.45, 2.75) is 19.4 Å². The van der Waals surface area contributed by atoms with Crippen LogP contribution in [0.1, 0.15) is 12.5 Å². The topological polar surface area (TPSA) is 40.7 Å². The van der Waals surface area contributed by atoms with Crippen molar-refractivity contribution in [3.05, 3.63) is 40.5 Å². The molecule has 0 saturated heterocycles. The zero-order chi connectivity index (χ0) is 12.3. The van der Waals surface area contributed by atoms with Crippen molar-refractivity contribution in [2.24, 2.45) is 0 Å². The first-order chi connectivity index (χ1) is 8.20. The molecule has 1 heterocycles. The minimum atomic E-state index is 0.446. The van der Waals surface area contributed by atoms with Gasteiger partial charge in [-0.1, -0.05) is 28.1 Å². The van der Waals surface area contributed by atoms with Crippen molar-refractivity contribution >= 4 is 15.9 Å². The van der Waals surface area contributed by atoms with E-state index in [1.807, 2.05) is 25.4 Å². The Hall–Kier alpha value is -1.13. The Bertz CT molecular complexity index is 476. The number of nitrogens with zero attached hydrogens (tertiary/aromatic N) is 1. The average Bonchev–Trinajstić information content (AvgIpc) is 2.78. The lowest BCUT2D eigenvalue weighted by Gasteiger charge is -2.10. The molecule has 1 atom stereocenters. The number of aromatic amines is 1. The lowest BCUT2D eigenvalue weighted by atomic mass is 10.0. The highest BCUT2D eigenvalue weighted by molar-refractivity contribution is 9.10. The van der Waals surface area contributed by atoms with E-state index in [0.717, 1.165) is 16.6 Å². The standard InChI is InChI=1S/C13H16BrN3/c1-9(15-2)7-11-8-16-17-13(11)10-3-5-12(14)6-4-10/h3-6,8-9,15H,7H2,1-2H3,(H,16,17). The zero-order valence-electron chi connectivity index (χ0n) is 10.00. The number of hydrogen-bond acceptors (Lipinski definition) is 2. The van der Waals surface area contributed by atoms with Gasteiger partial charge in [-0.25, -0.2) is 0 Å². The summed E-state index contributed by atoms with van der Waals surface area (Å²) in [7, 11) is 1.98. The van der Waals surface area contributed by atoms with Crippen molar-refractivity contribution < 1.29 is 0 Å². The molecule has 0 fully saturated rings. The molecular formula is C13H16BrN3. The van der Waals surface area contributed by atoms with Crippen LogP contribution in [0.5, 0.6) is 0 Å². The van der Waals surface area contributed by atoms with E-state index in [4.69, 9.17) is 0 Å². The Kier molecular flexibility index (Phi) is 3.97. The molecule has 0 aliphatic heterocycles. The zero-order valence-corrected chi connectivity index (χ0v) is 11.6. The molecule has 0 saturated carbocycles. The molecule has 1 aromatic heterocycles. The van der Waals surface area contributed by atoms with E-state index in [0.29, 0.717) is 6.04 Å². The van der Waals surface area contributed by atoms with Crippen molar-refractivity contribution in [1.82, 2.24) is 15.5 Å². The first kappa shape index (κ1) is 12.3. The van der Waals surface area contributed by atoms with Gasteiger partial charge in [0, 0.05) is 10.5 Å². The van der Waals surface area contributed by atoms with Crippen molar-refractivity contribution in [2.75, 3.05) is 7.05 Å². The lowest BCUT2D eigenvalue weighted by molar-refractivity contribution is 0.609. The van der Waals surface area contributed by atoms with Crippen LogP contribution in [0.15, 0.2) is 34.9 Å². The summed E-state index contributed by atoms with van der Waals surface area (Å²) < 4.78 is 1.09. The number of nitrogens with one attached hydrogen (secondary N) is 2. The molecule has 3 nitrogen and oxygen atoms in total. The molecule has 0 aliphatic carbocycles. The summed E-state index contributed by atoms with van der Waals surface area (Å²) in [6, 6.07) is 8.71. The number of halogens is 1. The predicted octanol–water partition coefficient (Wildman–Crippen LogP) is 2.99. The Morgan fingerprint density at radius 2 is 2.06 bits per heavy atom. The van der Waals surface area contributed by atoms with Crippen LogP contribution in [0.4, 0.5) is 0 Å². The number of rotatable bonds is 4. The highest BCUT2D eigenvalue weighted by Gasteiger charge is 2.10. The third-order valence-corrected chi connectivity index (χ3v) is 3.40. The monoisotopic (exact) mass is 293 g/mol. The minimum absolute atomic E-state index is 0.446. The van der Waals surface area contributed by atoms with Gasteiger partial charge in [-0.2, -0.15) is 5.10 Å². The first-order valence-corrected chi connectivity index (χ1v) is 6.45. The van der Waals surface area contributed by atoms with Gasteiger partial charge in [0.05, 0.1) is 11.9 Å². The maximum absolute atomic E-state index is 4.14. The maximum atomic E-state index is 4.14. The Morgan fingerprint density at radius 3 is 2.71 bits per heavy atom. The summed E-state index contributed by atoms with van der Waals surface area (Å²) in [4.78, 5) is 0. The molecule has 0 amide bonds. The molecule has 2 N–H and O–H groups in total. The fourth-order valence-corrected chi connectivity index (χ4v) is 2.03. The molecule has 1 aromatic carbocycles. The third kappa shape index (κ3) is 2.96. The number of hydrogen-bond donors (Lipinski definition) is 2. The molecule has 2 rings (SSSR count). The molecule has 90 valence electrons. The van der Waals surface area contributed by atoms with Gasteiger partial charge in [0.25, 0.3) is 0 Å². The van der Waals surface area contributed by atoms with Gasteiger partial charge in [0.2, 0.25) is 0 Å². The number of aromatic nitrogens is 2. The van der Waals surface area contributed by atoms with Gasteiger partial charge < -0.3 is 5.32 Å². The van der Waals surface area contributed by atoms with Gasteiger partial charge in [-0.05, 0) is 43.7 Å². The highest BCUT2D eigenvalue weighted by Crippen LogP contribution is 2.23. The van der Waals surface area contributed by atoms with E-state index < -0.39 is 0 Å². The summed E-state index contributed by atoms with van der Waals surface area (Å²) in [6.45, 7) is 2.17. The summed E-state index contributed by atoms with van der Waals surface area (Å²) >= 11 is 3.44. The van der Waals surface area contributed by atoms with E-state index in [-0.39, 0.29) is 0 Å². The molecule has 2 aromatic rings. The van der Waals surface area contributed by atoms with E-state index >= 15 is 0 Å². The summed E-state index contributed by atoms with van der Waals surface area (Å²) in [6.07, 6.45) is 2.88. The fourth-order valence-electron chi connectivity index (χ4n) is 1.76. The van der Waals surface area contributed by atoms with Gasteiger partial charge in [0.1, 0.15) is 0 Å². The van der Waals surface area contributed by atoms with Crippen LogP contribution < -0.4 is 5.32 Å². The summed E-state index contributed by atoms with van der Waals surface area (Å²) in [5.74, 6) is 0. The van der Waals surface area contributed by atoms with E-state index in [1.54, 1.807) is 0 Å². The smallest absolute Gasteiger partial charge is 0.0682 e. The lowest BCUT2D eigenvalue weighted by Crippen LogP contribution is -2.23. The Balaban J connectivity index is 2.27. The van der Waals surface area contributed by atoms with Crippen LogP contribution in [0.3, 0.4) is 0 Å². The number of H-pyrrole nitrogens is 1. The van der Waals surface area contributed by atoms with Crippen LogP contribution in [0, 0.1) is 0 Å². The van der Waals surface area contributed by atoms with E-state index in [1.165, 1.54) is 11.1 Å². The predicted molar refractivity (Wildman–Crippen MR) is 73.9 cm³/mol. The summed E-state index contributed by atoms with van der Waals surface area (Å²) in [5.41, 5.74) is 3.53. The molecule has 0 radical (unpaired) electrons. The molecule has 0 spiro atoms. The molecular weight excluding hydrogens is 278 g/mol. The van der Waals surface area contributed by atoms with E-state index in [2.05, 4.69) is 50.5 Å². The second kappa shape index (κ2) is 5.47. The van der Waals surface area contributed by atoms with Gasteiger partial charge in [-0.3, -0.25) is 5.10 Å². The SMILES string of the molecule is CNC(C)Cc1cn[nH]c1-c1ccc(Br)cc1. The normalized spacial score (nSPS) is 12.6. The van der Waals surface area contributed by atoms with Crippen LogP contribution >= 0.6 is 15.9 Å². The Labute approximate surface area is 110 Å². The van der Waals surface area contributed by atoms with Crippen molar-refractivity contribution in [3.63, 3.8) is 0 Å². The van der Waals surface area contributed by atoms with Crippen LogP contribution in [-0.4, -0.2) is 23.3 Å². The highest BCUT2D eigenvalue weighted by atomic mass is 79.9. The first-order valence-electron chi connectivity index (χ1n) is 5.66. The quantitative estimate of drug-likeness (QED) is 0.910. The van der Waals surface area contributed by atoms with Crippen molar-refractivity contribution in [3.8, 4) is 11.3 Å². The van der Waals surface area contributed by atoms with Crippen molar-refractivity contribution in [1.29, 1.82) is 0 Å². The largest absolute Gasteiger partial charge is 0.317 e.